The number of carbonyl (C=O) groups excluding carboxylic acids is 1. The van der Waals surface area contributed by atoms with Gasteiger partial charge in [-0.15, -0.1) is 0 Å². The van der Waals surface area contributed by atoms with Crippen LogP contribution in [0.4, 0.5) is 0 Å². The second-order valence-electron chi connectivity index (χ2n) is 8.54. The van der Waals surface area contributed by atoms with Crippen LogP contribution >= 0.6 is 11.6 Å². The number of nitrogens with one attached hydrogen (secondary N) is 1. The number of halogens is 1. The Hall–Kier alpha value is -4.12. The molecule has 0 saturated heterocycles. The van der Waals surface area contributed by atoms with Gasteiger partial charge in [0.2, 0.25) is 0 Å². The maximum absolute atomic E-state index is 13.6. The lowest BCUT2D eigenvalue weighted by atomic mass is 10.0. The molecule has 0 aliphatic heterocycles. The maximum atomic E-state index is 13.6. The third-order valence-corrected chi connectivity index (χ3v) is 7.47. The molecule has 0 atom stereocenters. The molecule has 0 fully saturated rings. The highest BCUT2D eigenvalue weighted by Gasteiger charge is 2.23. The van der Waals surface area contributed by atoms with Crippen LogP contribution in [-0.2, 0) is 23.1 Å². The molecule has 4 rings (SSSR count). The van der Waals surface area contributed by atoms with Gasteiger partial charge in [-0.25, -0.2) is 13.1 Å². The van der Waals surface area contributed by atoms with E-state index in [2.05, 4.69) is 0 Å². The standard InChI is InChI=1S/C29H24ClN3O3S/c1-21-11-13-22(14-12-21)18-33(29(34)26-9-5-6-10-27(26)30)19-23-15-16-25(24-7-3-2-4-8-24)28(17-23)37(35,36)32-20-31/h2-17,32H,18-19H2,1H3. The molecule has 8 heteroatoms. The topological polar surface area (TPSA) is 90.3 Å². The van der Waals surface area contributed by atoms with Crippen LogP contribution in [0.5, 0.6) is 0 Å². The Kier molecular flexibility index (Phi) is 7.92. The third kappa shape index (κ3) is 6.18. The minimum absolute atomic E-state index is 0.0433. The van der Waals surface area contributed by atoms with Crippen molar-refractivity contribution in [3.8, 4) is 17.3 Å². The highest BCUT2D eigenvalue weighted by atomic mass is 35.5. The molecule has 6 nitrogen and oxygen atoms in total. The Morgan fingerprint density at radius 2 is 1.51 bits per heavy atom. The van der Waals surface area contributed by atoms with E-state index in [1.165, 1.54) is 12.3 Å². The molecule has 0 aliphatic carbocycles. The smallest absolute Gasteiger partial charge is 0.270 e. The number of rotatable bonds is 8. The molecular formula is C29H24ClN3O3S. The molecule has 186 valence electrons. The fourth-order valence-electron chi connectivity index (χ4n) is 4.00. The van der Waals surface area contributed by atoms with Crippen LogP contribution in [0, 0.1) is 18.4 Å². The Morgan fingerprint density at radius 3 is 2.19 bits per heavy atom. The van der Waals surface area contributed by atoms with Gasteiger partial charge in [-0.05, 0) is 41.8 Å². The molecule has 0 bridgehead atoms. The average molecular weight is 530 g/mol. The minimum Gasteiger partial charge on any atom is -0.330 e. The SMILES string of the molecule is Cc1ccc(CN(Cc2ccc(-c3ccccc3)c(S(=O)(=O)NC#N)c2)C(=O)c2ccccc2Cl)cc1. The number of aryl methyl sites for hydroxylation is 1. The Balaban J connectivity index is 1.76. The summed E-state index contributed by atoms with van der Waals surface area (Å²) in [5.74, 6) is -0.280. The minimum atomic E-state index is -4.13. The van der Waals surface area contributed by atoms with Gasteiger partial charge in [-0.1, -0.05) is 96.0 Å². The largest absolute Gasteiger partial charge is 0.330 e. The van der Waals surface area contributed by atoms with Gasteiger partial charge in [0.1, 0.15) is 0 Å². The highest BCUT2D eigenvalue weighted by molar-refractivity contribution is 7.89. The first-order chi connectivity index (χ1) is 17.8. The van der Waals surface area contributed by atoms with Crippen molar-refractivity contribution in [3.05, 3.63) is 124 Å². The summed E-state index contributed by atoms with van der Waals surface area (Å²) in [5, 5.41) is 9.38. The summed E-state index contributed by atoms with van der Waals surface area (Å²) in [4.78, 5) is 15.2. The van der Waals surface area contributed by atoms with Gasteiger partial charge in [0.05, 0.1) is 15.5 Å². The van der Waals surface area contributed by atoms with Crippen molar-refractivity contribution in [1.82, 2.24) is 9.62 Å². The lowest BCUT2D eigenvalue weighted by Crippen LogP contribution is -2.30. The van der Waals surface area contributed by atoms with Crippen molar-refractivity contribution in [2.45, 2.75) is 24.9 Å². The van der Waals surface area contributed by atoms with E-state index in [1.54, 1.807) is 53.4 Å². The summed E-state index contributed by atoms with van der Waals surface area (Å²) in [6.07, 6.45) is 1.51. The van der Waals surface area contributed by atoms with E-state index < -0.39 is 10.0 Å². The average Bonchev–Trinajstić information content (AvgIpc) is 2.90. The maximum Gasteiger partial charge on any atom is 0.270 e. The van der Waals surface area contributed by atoms with Gasteiger partial charge in [0, 0.05) is 18.7 Å². The molecular weight excluding hydrogens is 506 g/mol. The van der Waals surface area contributed by atoms with Gasteiger partial charge >= 0.3 is 0 Å². The molecule has 4 aromatic carbocycles. The quantitative estimate of drug-likeness (QED) is 0.227. The fraction of sp³-hybridized carbons (Fsp3) is 0.103. The summed E-state index contributed by atoms with van der Waals surface area (Å²) in [6, 6.07) is 28.7. The monoisotopic (exact) mass is 529 g/mol. The zero-order valence-electron chi connectivity index (χ0n) is 20.1. The Bertz CT molecular complexity index is 1560. The molecule has 0 aliphatic rings. The van der Waals surface area contributed by atoms with Crippen molar-refractivity contribution in [2.75, 3.05) is 0 Å². The predicted molar refractivity (Wildman–Crippen MR) is 144 cm³/mol. The molecule has 0 spiro atoms. The number of carbonyl (C=O) groups is 1. The first-order valence-electron chi connectivity index (χ1n) is 11.5. The van der Waals surface area contributed by atoms with Gasteiger partial charge in [0.25, 0.3) is 15.9 Å². The van der Waals surface area contributed by atoms with Crippen molar-refractivity contribution < 1.29 is 13.2 Å². The number of nitrogens with zero attached hydrogens (tertiary/aromatic N) is 2. The molecule has 0 saturated carbocycles. The predicted octanol–water partition coefficient (Wildman–Crippen LogP) is 5.92. The zero-order valence-corrected chi connectivity index (χ0v) is 21.6. The van der Waals surface area contributed by atoms with Gasteiger partial charge < -0.3 is 4.90 Å². The molecule has 0 radical (unpaired) electrons. The zero-order chi connectivity index (χ0) is 26.4. The van der Waals surface area contributed by atoms with Gasteiger partial charge in [0.15, 0.2) is 6.19 Å². The van der Waals surface area contributed by atoms with E-state index in [0.29, 0.717) is 33.8 Å². The van der Waals surface area contributed by atoms with E-state index in [-0.39, 0.29) is 17.3 Å². The van der Waals surface area contributed by atoms with Crippen molar-refractivity contribution in [1.29, 1.82) is 5.26 Å². The van der Waals surface area contributed by atoms with Gasteiger partial charge in [-0.2, -0.15) is 5.26 Å². The molecule has 37 heavy (non-hydrogen) atoms. The normalized spacial score (nSPS) is 10.9. The summed E-state index contributed by atoms with van der Waals surface area (Å²) in [7, 11) is -4.13. The number of hydrogen-bond acceptors (Lipinski definition) is 4. The van der Waals surface area contributed by atoms with Crippen LogP contribution in [0.1, 0.15) is 27.0 Å². The molecule has 0 heterocycles. The molecule has 0 aromatic heterocycles. The first-order valence-corrected chi connectivity index (χ1v) is 13.3. The lowest BCUT2D eigenvalue weighted by molar-refractivity contribution is 0.0730. The van der Waals surface area contributed by atoms with E-state index in [9.17, 15) is 13.2 Å². The van der Waals surface area contributed by atoms with Crippen LogP contribution < -0.4 is 4.72 Å². The number of nitriles is 1. The molecule has 0 unspecified atom stereocenters. The number of sulfonamides is 1. The summed E-state index contributed by atoms with van der Waals surface area (Å²) < 4.78 is 27.8. The number of benzene rings is 4. The highest BCUT2D eigenvalue weighted by Crippen LogP contribution is 2.29. The van der Waals surface area contributed by atoms with Gasteiger partial charge in [-0.3, -0.25) is 4.79 Å². The van der Waals surface area contributed by atoms with E-state index in [1.807, 2.05) is 54.1 Å². The second kappa shape index (κ2) is 11.3. The van der Waals surface area contributed by atoms with Crippen LogP contribution in [0.15, 0.2) is 102 Å². The fourth-order valence-corrected chi connectivity index (χ4v) is 5.23. The van der Waals surface area contributed by atoms with Crippen LogP contribution in [0.25, 0.3) is 11.1 Å². The Labute approximate surface area is 221 Å². The van der Waals surface area contributed by atoms with Crippen molar-refractivity contribution in [3.63, 3.8) is 0 Å². The first kappa shape index (κ1) is 26.0. The third-order valence-electron chi connectivity index (χ3n) is 5.86. The van der Waals surface area contributed by atoms with E-state index >= 15 is 0 Å². The number of amides is 1. The van der Waals surface area contributed by atoms with Crippen LogP contribution in [0.3, 0.4) is 0 Å². The van der Waals surface area contributed by atoms with Crippen molar-refractivity contribution in [2.24, 2.45) is 0 Å². The summed E-state index contributed by atoms with van der Waals surface area (Å²) in [6.45, 7) is 2.41. The molecule has 1 amide bonds. The van der Waals surface area contributed by atoms with E-state index in [0.717, 1.165) is 11.1 Å². The number of hydrogen-bond donors (Lipinski definition) is 1. The second-order valence-corrected chi connectivity index (χ2v) is 10.6. The lowest BCUT2D eigenvalue weighted by Gasteiger charge is -2.24. The van der Waals surface area contributed by atoms with E-state index in [4.69, 9.17) is 16.9 Å². The molecule has 4 aromatic rings. The summed E-state index contributed by atoms with van der Waals surface area (Å²) in [5.41, 5.74) is 4.11. The summed E-state index contributed by atoms with van der Waals surface area (Å²) >= 11 is 6.33. The van der Waals surface area contributed by atoms with Crippen molar-refractivity contribution >= 4 is 27.5 Å². The molecule has 1 N–H and O–H groups in total. The Morgan fingerprint density at radius 1 is 0.892 bits per heavy atom. The van der Waals surface area contributed by atoms with Crippen LogP contribution in [0.2, 0.25) is 5.02 Å². The van der Waals surface area contributed by atoms with Crippen LogP contribution in [-0.4, -0.2) is 19.2 Å².